The van der Waals surface area contributed by atoms with Crippen LogP contribution in [0.2, 0.25) is 0 Å². The number of amides is 1. The average molecular weight is 649 g/mol. The first-order valence-electron chi connectivity index (χ1n) is 12.8. The van der Waals surface area contributed by atoms with Gasteiger partial charge in [-0.1, -0.05) is 41.7 Å². The van der Waals surface area contributed by atoms with Crippen LogP contribution >= 0.6 is 27.3 Å². The van der Waals surface area contributed by atoms with E-state index in [1.165, 1.54) is 29.9 Å². The molecule has 0 saturated heterocycles. The SMILES string of the molecule is COc1cccc([C@H]2C(C(=O)Nc3ccccc3)=C(C)N=c3s/c(=C\c4cc(Br)c(OC(C)=O)c(OC)c4)c(=O)n32)c1. The van der Waals surface area contributed by atoms with Crippen LogP contribution in [0.1, 0.15) is 31.0 Å². The Morgan fingerprint density at radius 1 is 1.05 bits per heavy atom. The van der Waals surface area contributed by atoms with Gasteiger partial charge in [-0.05, 0) is 76.5 Å². The van der Waals surface area contributed by atoms with Crippen molar-refractivity contribution in [3.63, 3.8) is 0 Å². The number of anilines is 1. The molecule has 5 rings (SSSR count). The van der Waals surface area contributed by atoms with E-state index in [4.69, 9.17) is 14.2 Å². The number of esters is 1. The van der Waals surface area contributed by atoms with Gasteiger partial charge in [-0.15, -0.1) is 0 Å². The molecule has 9 nitrogen and oxygen atoms in total. The normalized spacial score (nSPS) is 14.6. The zero-order valence-electron chi connectivity index (χ0n) is 23.1. The van der Waals surface area contributed by atoms with E-state index in [0.717, 1.165) is 0 Å². The van der Waals surface area contributed by atoms with Gasteiger partial charge in [-0.2, -0.15) is 0 Å². The van der Waals surface area contributed by atoms with Crippen molar-refractivity contribution in [3.05, 3.63) is 113 Å². The van der Waals surface area contributed by atoms with Crippen molar-refractivity contribution in [1.82, 2.24) is 4.57 Å². The number of nitrogens with one attached hydrogen (secondary N) is 1. The minimum atomic E-state index is -0.755. The summed E-state index contributed by atoms with van der Waals surface area (Å²) in [5.74, 6) is 0.307. The van der Waals surface area contributed by atoms with Gasteiger partial charge in [0.2, 0.25) is 0 Å². The third-order valence-corrected chi connectivity index (χ3v) is 8.07. The molecular weight excluding hydrogens is 622 g/mol. The molecule has 0 saturated carbocycles. The second-order valence-electron chi connectivity index (χ2n) is 9.31. The number of methoxy groups -OCH3 is 2. The number of thiazole rings is 1. The van der Waals surface area contributed by atoms with E-state index >= 15 is 0 Å². The monoisotopic (exact) mass is 647 g/mol. The maximum absolute atomic E-state index is 14.0. The molecule has 0 spiro atoms. The van der Waals surface area contributed by atoms with Crippen LogP contribution in [0.25, 0.3) is 6.08 Å². The van der Waals surface area contributed by atoms with Crippen LogP contribution in [0.5, 0.6) is 17.2 Å². The molecule has 0 radical (unpaired) electrons. The lowest BCUT2D eigenvalue weighted by molar-refractivity contribution is -0.132. The molecule has 1 N–H and O–H groups in total. The summed E-state index contributed by atoms with van der Waals surface area (Å²) in [5.41, 5.74) is 2.49. The number of hydrogen-bond donors (Lipinski definition) is 1. The van der Waals surface area contributed by atoms with Crippen LogP contribution in [0.4, 0.5) is 5.69 Å². The van der Waals surface area contributed by atoms with Crippen LogP contribution in [-0.2, 0) is 9.59 Å². The van der Waals surface area contributed by atoms with Crippen molar-refractivity contribution < 1.29 is 23.8 Å². The summed E-state index contributed by atoms with van der Waals surface area (Å²) in [5, 5.41) is 2.94. The molecule has 0 bridgehead atoms. The summed E-state index contributed by atoms with van der Waals surface area (Å²) >= 11 is 4.64. The number of benzene rings is 3. The number of para-hydroxylation sites is 1. The summed E-state index contributed by atoms with van der Waals surface area (Å²) in [6.45, 7) is 3.07. The Balaban J connectivity index is 1.67. The summed E-state index contributed by atoms with van der Waals surface area (Å²) in [6.07, 6.45) is 1.71. The number of carbonyl (C=O) groups is 2. The van der Waals surface area contributed by atoms with Crippen LogP contribution in [0.3, 0.4) is 0 Å². The highest BCUT2D eigenvalue weighted by atomic mass is 79.9. The molecule has 1 aliphatic rings. The molecule has 1 atom stereocenters. The molecule has 0 aliphatic carbocycles. The van der Waals surface area contributed by atoms with E-state index in [1.54, 1.807) is 50.4 Å². The van der Waals surface area contributed by atoms with E-state index in [2.05, 4.69) is 26.2 Å². The molecule has 214 valence electrons. The smallest absolute Gasteiger partial charge is 0.308 e. The number of ether oxygens (including phenoxy) is 3. The van der Waals surface area contributed by atoms with Crippen LogP contribution < -0.4 is 34.4 Å². The molecule has 11 heteroatoms. The largest absolute Gasteiger partial charge is 0.497 e. The number of rotatable bonds is 7. The van der Waals surface area contributed by atoms with Gasteiger partial charge in [0.05, 0.1) is 40.5 Å². The van der Waals surface area contributed by atoms with E-state index in [-0.39, 0.29) is 17.2 Å². The Morgan fingerprint density at radius 3 is 2.50 bits per heavy atom. The summed E-state index contributed by atoms with van der Waals surface area (Å²) in [7, 11) is 3.03. The van der Waals surface area contributed by atoms with E-state index < -0.39 is 12.0 Å². The van der Waals surface area contributed by atoms with Crippen LogP contribution in [0.15, 0.2) is 92.3 Å². The molecule has 42 heavy (non-hydrogen) atoms. The molecule has 0 fully saturated rings. The van der Waals surface area contributed by atoms with E-state index in [9.17, 15) is 14.4 Å². The van der Waals surface area contributed by atoms with Crippen molar-refractivity contribution >= 4 is 50.9 Å². The quantitative estimate of drug-likeness (QED) is 0.232. The Labute approximate surface area is 253 Å². The Kier molecular flexibility index (Phi) is 8.41. The molecule has 0 unspecified atom stereocenters. The first-order valence-corrected chi connectivity index (χ1v) is 14.4. The second kappa shape index (κ2) is 12.2. The molecule has 4 aromatic rings. The summed E-state index contributed by atoms with van der Waals surface area (Å²) in [4.78, 5) is 44.4. The Hall–Kier alpha value is -4.48. The first kappa shape index (κ1) is 29.0. The van der Waals surface area contributed by atoms with Gasteiger partial charge in [-0.3, -0.25) is 19.0 Å². The molecule has 1 aromatic heterocycles. The fraction of sp³-hybridized carbons (Fsp3) is 0.161. The molecular formula is C31H26BrN3O6S. The zero-order chi connectivity index (χ0) is 30.0. The Morgan fingerprint density at radius 2 is 1.81 bits per heavy atom. The minimum Gasteiger partial charge on any atom is -0.497 e. The number of allylic oxidation sites excluding steroid dienone is 1. The predicted octanol–water partition coefficient (Wildman–Crippen LogP) is 4.58. The summed E-state index contributed by atoms with van der Waals surface area (Å²) < 4.78 is 18.6. The highest BCUT2D eigenvalue weighted by Crippen LogP contribution is 2.37. The Bertz CT molecular complexity index is 1910. The maximum Gasteiger partial charge on any atom is 0.308 e. The van der Waals surface area contributed by atoms with Gasteiger partial charge in [0.1, 0.15) is 5.75 Å². The van der Waals surface area contributed by atoms with Crippen molar-refractivity contribution in [3.8, 4) is 17.2 Å². The predicted molar refractivity (Wildman–Crippen MR) is 164 cm³/mol. The minimum absolute atomic E-state index is 0.242. The number of halogens is 1. The summed E-state index contributed by atoms with van der Waals surface area (Å²) in [6, 6.07) is 19.0. The second-order valence-corrected chi connectivity index (χ2v) is 11.2. The highest BCUT2D eigenvalue weighted by Gasteiger charge is 2.32. The first-order chi connectivity index (χ1) is 20.2. The lowest BCUT2D eigenvalue weighted by atomic mass is 9.95. The van der Waals surface area contributed by atoms with Gasteiger partial charge in [-0.25, -0.2) is 4.99 Å². The fourth-order valence-electron chi connectivity index (χ4n) is 4.68. The van der Waals surface area contributed by atoms with Crippen LogP contribution in [-0.4, -0.2) is 30.7 Å². The number of carbonyl (C=O) groups excluding carboxylic acids is 2. The van der Waals surface area contributed by atoms with Crippen molar-refractivity contribution in [2.75, 3.05) is 19.5 Å². The van der Waals surface area contributed by atoms with E-state index in [1.807, 2.05) is 36.4 Å². The molecule has 1 amide bonds. The number of nitrogens with zero attached hydrogens (tertiary/aromatic N) is 2. The standard InChI is InChI=1S/C31H26BrN3O6S/c1-17-26(29(37)34-21-10-6-5-7-11-21)27(20-9-8-12-22(16-20)39-3)35-30(38)25(42-31(35)33-17)15-19-13-23(32)28(41-18(2)36)24(14-19)40-4/h5-16,27H,1-4H3,(H,34,37)/b25-15-/t27-/m0/s1. The van der Waals surface area contributed by atoms with Crippen LogP contribution in [0, 0.1) is 0 Å². The molecule has 2 heterocycles. The maximum atomic E-state index is 14.0. The third-order valence-electron chi connectivity index (χ3n) is 6.50. The number of fused-ring (bicyclic) bond motifs is 1. The van der Waals surface area contributed by atoms with Gasteiger partial charge in [0.15, 0.2) is 16.3 Å². The topological polar surface area (TPSA) is 108 Å². The van der Waals surface area contributed by atoms with Gasteiger partial charge >= 0.3 is 5.97 Å². The average Bonchev–Trinajstić information content (AvgIpc) is 3.27. The van der Waals surface area contributed by atoms with Gasteiger partial charge in [0.25, 0.3) is 11.5 Å². The molecule has 3 aromatic carbocycles. The molecule has 1 aliphatic heterocycles. The highest BCUT2D eigenvalue weighted by molar-refractivity contribution is 9.10. The van der Waals surface area contributed by atoms with Crippen molar-refractivity contribution in [2.45, 2.75) is 19.9 Å². The van der Waals surface area contributed by atoms with Crippen molar-refractivity contribution in [1.29, 1.82) is 0 Å². The van der Waals surface area contributed by atoms with E-state index in [0.29, 0.717) is 53.4 Å². The lowest BCUT2D eigenvalue weighted by Crippen LogP contribution is -2.40. The number of hydrogen-bond acceptors (Lipinski definition) is 8. The van der Waals surface area contributed by atoms with Gasteiger partial charge < -0.3 is 19.5 Å². The fourth-order valence-corrected chi connectivity index (χ4v) is 6.26. The number of aromatic nitrogens is 1. The lowest BCUT2D eigenvalue weighted by Gasteiger charge is -2.25. The van der Waals surface area contributed by atoms with Crippen molar-refractivity contribution in [2.24, 2.45) is 4.99 Å². The third kappa shape index (κ3) is 5.79. The zero-order valence-corrected chi connectivity index (χ0v) is 25.5. The van der Waals surface area contributed by atoms with Gasteiger partial charge in [0, 0.05) is 12.6 Å².